The SMILES string of the molecule is CNC(C=O)Cc1ccc(O)cc1. The van der Waals surface area contributed by atoms with Gasteiger partial charge in [-0.2, -0.15) is 0 Å². The summed E-state index contributed by atoms with van der Waals surface area (Å²) in [4.78, 5) is 10.5. The molecule has 1 rings (SSSR count). The highest BCUT2D eigenvalue weighted by atomic mass is 16.3. The molecule has 0 fully saturated rings. The maximum absolute atomic E-state index is 10.5. The average molecular weight is 179 g/mol. The molecular weight excluding hydrogens is 166 g/mol. The first kappa shape index (κ1) is 9.74. The number of rotatable bonds is 4. The number of hydrogen-bond acceptors (Lipinski definition) is 3. The van der Waals surface area contributed by atoms with Gasteiger partial charge < -0.3 is 15.2 Å². The largest absolute Gasteiger partial charge is 0.508 e. The Balaban J connectivity index is 2.63. The molecule has 1 unspecified atom stereocenters. The second-order valence-corrected chi connectivity index (χ2v) is 2.90. The zero-order chi connectivity index (χ0) is 9.68. The molecule has 3 nitrogen and oxygen atoms in total. The second kappa shape index (κ2) is 4.62. The van der Waals surface area contributed by atoms with Gasteiger partial charge in [-0.25, -0.2) is 0 Å². The highest BCUT2D eigenvalue weighted by Gasteiger charge is 2.04. The summed E-state index contributed by atoms with van der Waals surface area (Å²) < 4.78 is 0. The van der Waals surface area contributed by atoms with E-state index in [0.717, 1.165) is 11.8 Å². The van der Waals surface area contributed by atoms with Gasteiger partial charge in [-0.3, -0.25) is 0 Å². The van der Waals surface area contributed by atoms with Crippen LogP contribution in [0.3, 0.4) is 0 Å². The molecule has 0 heterocycles. The molecule has 0 aliphatic rings. The van der Waals surface area contributed by atoms with Crippen LogP contribution in [0, 0.1) is 0 Å². The molecule has 0 aliphatic carbocycles. The lowest BCUT2D eigenvalue weighted by molar-refractivity contribution is -0.109. The van der Waals surface area contributed by atoms with Gasteiger partial charge in [0, 0.05) is 0 Å². The summed E-state index contributed by atoms with van der Waals surface area (Å²) >= 11 is 0. The van der Waals surface area contributed by atoms with Gasteiger partial charge in [0.1, 0.15) is 12.0 Å². The molecule has 0 radical (unpaired) electrons. The van der Waals surface area contributed by atoms with Gasteiger partial charge in [0.2, 0.25) is 0 Å². The Kier molecular flexibility index (Phi) is 3.46. The van der Waals surface area contributed by atoms with E-state index in [9.17, 15) is 4.79 Å². The van der Waals surface area contributed by atoms with Gasteiger partial charge in [0.25, 0.3) is 0 Å². The van der Waals surface area contributed by atoms with Crippen molar-refractivity contribution in [3.63, 3.8) is 0 Å². The normalized spacial score (nSPS) is 12.4. The first-order valence-electron chi connectivity index (χ1n) is 4.16. The number of likely N-dealkylation sites (N-methyl/N-ethyl adjacent to an activating group) is 1. The highest BCUT2D eigenvalue weighted by Crippen LogP contribution is 2.10. The van der Waals surface area contributed by atoms with Crippen molar-refractivity contribution in [3.05, 3.63) is 29.8 Å². The number of nitrogens with one attached hydrogen (secondary N) is 1. The van der Waals surface area contributed by atoms with Gasteiger partial charge in [-0.1, -0.05) is 12.1 Å². The van der Waals surface area contributed by atoms with E-state index in [0.29, 0.717) is 6.42 Å². The van der Waals surface area contributed by atoms with Crippen LogP contribution in [-0.4, -0.2) is 24.5 Å². The first-order valence-corrected chi connectivity index (χ1v) is 4.16. The molecule has 1 aromatic carbocycles. The van der Waals surface area contributed by atoms with E-state index in [1.165, 1.54) is 0 Å². The minimum Gasteiger partial charge on any atom is -0.508 e. The second-order valence-electron chi connectivity index (χ2n) is 2.90. The van der Waals surface area contributed by atoms with E-state index in [1.807, 2.05) is 12.1 Å². The molecule has 1 atom stereocenters. The summed E-state index contributed by atoms with van der Waals surface area (Å²) in [5.41, 5.74) is 1.03. The van der Waals surface area contributed by atoms with Crippen LogP contribution in [-0.2, 0) is 11.2 Å². The number of carbonyl (C=O) groups is 1. The van der Waals surface area contributed by atoms with E-state index in [2.05, 4.69) is 5.32 Å². The van der Waals surface area contributed by atoms with Gasteiger partial charge >= 0.3 is 0 Å². The average Bonchev–Trinajstić information content (AvgIpc) is 2.17. The summed E-state index contributed by atoms with van der Waals surface area (Å²) in [5, 5.41) is 11.9. The zero-order valence-corrected chi connectivity index (χ0v) is 7.53. The van der Waals surface area contributed by atoms with Crippen LogP contribution in [0.15, 0.2) is 24.3 Å². The topological polar surface area (TPSA) is 49.3 Å². The van der Waals surface area contributed by atoms with Crippen molar-refractivity contribution in [2.45, 2.75) is 12.5 Å². The Morgan fingerprint density at radius 3 is 2.54 bits per heavy atom. The van der Waals surface area contributed by atoms with Crippen molar-refractivity contribution in [3.8, 4) is 5.75 Å². The molecule has 0 aliphatic heterocycles. The third kappa shape index (κ3) is 2.87. The quantitative estimate of drug-likeness (QED) is 0.670. The molecule has 0 aromatic heterocycles. The van der Waals surface area contributed by atoms with Gasteiger partial charge in [0.05, 0.1) is 6.04 Å². The summed E-state index contributed by atoms with van der Waals surface area (Å²) in [6.45, 7) is 0. The smallest absolute Gasteiger partial charge is 0.137 e. The molecule has 70 valence electrons. The monoisotopic (exact) mass is 179 g/mol. The number of phenolic OH excluding ortho intramolecular Hbond substituents is 1. The summed E-state index contributed by atoms with van der Waals surface area (Å²) in [6.07, 6.45) is 1.53. The molecular formula is C10H13NO2. The third-order valence-electron chi connectivity index (χ3n) is 1.93. The van der Waals surface area contributed by atoms with E-state index in [-0.39, 0.29) is 11.8 Å². The van der Waals surface area contributed by atoms with Crippen LogP contribution < -0.4 is 5.32 Å². The lowest BCUT2D eigenvalue weighted by Gasteiger charge is -2.08. The highest BCUT2D eigenvalue weighted by molar-refractivity contribution is 5.58. The van der Waals surface area contributed by atoms with Gasteiger partial charge in [0.15, 0.2) is 0 Å². The summed E-state index contributed by atoms with van der Waals surface area (Å²) in [7, 11) is 1.75. The molecule has 0 saturated carbocycles. The predicted molar refractivity (Wildman–Crippen MR) is 50.7 cm³/mol. The zero-order valence-electron chi connectivity index (χ0n) is 7.53. The van der Waals surface area contributed by atoms with Crippen LogP contribution in [0.25, 0.3) is 0 Å². The van der Waals surface area contributed by atoms with E-state index < -0.39 is 0 Å². The van der Waals surface area contributed by atoms with Gasteiger partial charge in [-0.05, 0) is 31.2 Å². The van der Waals surface area contributed by atoms with Crippen LogP contribution in [0.2, 0.25) is 0 Å². The first-order chi connectivity index (χ1) is 6.26. The fourth-order valence-electron chi connectivity index (χ4n) is 1.10. The van der Waals surface area contributed by atoms with Crippen LogP contribution in [0.5, 0.6) is 5.75 Å². The molecule has 0 amide bonds. The van der Waals surface area contributed by atoms with Crippen LogP contribution in [0.4, 0.5) is 0 Å². The Bertz CT molecular complexity index is 269. The van der Waals surface area contributed by atoms with Crippen molar-refractivity contribution in [2.24, 2.45) is 0 Å². The molecule has 0 spiro atoms. The number of aldehydes is 1. The minimum absolute atomic E-state index is 0.149. The number of hydrogen-bond donors (Lipinski definition) is 2. The molecule has 0 bridgehead atoms. The van der Waals surface area contributed by atoms with Crippen molar-refractivity contribution in [1.29, 1.82) is 0 Å². The summed E-state index contributed by atoms with van der Waals surface area (Å²) in [5.74, 6) is 0.246. The van der Waals surface area contributed by atoms with Crippen LogP contribution >= 0.6 is 0 Å². The van der Waals surface area contributed by atoms with Gasteiger partial charge in [-0.15, -0.1) is 0 Å². The Morgan fingerprint density at radius 2 is 2.08 bits per heavy atom. The van der Waals surface area contributed by atoms with E-state index in [1.54, 1.807) is 19.2 Å². The number of phenols is 1. The molecule has 13 heavy (non-hydrogen) atoms. The predicted octanol–water partition coefficient (Wildman–Crippen LogP) is 0.722. The lowest BCUT2D eigenvalue weighted by atomic mass is 10.1. The van der Waals surface area contributed by atoms with Crippen LogP contribution in [0.1, 0.15) is 5.56 Å². The van der Waals surface area contributed by atoms with E-state index >= 15 is 0 Å². The van der Waals surface area contributed by atoms with E-state index in [4.69, 9.17) is 5.11 Å². The Hall–Kier alpha value is -1.35. The third-order valence-corrected chi connectivity index (χ3v) is 1.93. The maximum Gasteiger partial charge on any atom is 0.137 e. The number of benzene rings is 1. The summed E-state index contributed by atoms with van der Waals surface area (Å²) in [6, 6.07) is 6.70. The molecule has 2 N–H and O–H groups in total. The van der Waals surface area contributed by atoms with Crippen molar-refractivity contribution < 1.29 is 9.90 Å². The number of aromatic hydroxyl groups is 1. The standard InChI is InChI=1S/C10H13NO2/c1-11-9(7-12)6-8-2-4-10(13)5-3-8/h2-5,7,9,11,13H,6H2,1H3. The molecule has 1 aromatic rings. The van der Waals surface area contributed by atoms with Crippen molar-refractivity contribution in [2.75, 3.05) is 7.05 Å². The Morgan fingerprint density at radius 1 is 1.46 bits per heavy atom. The fraction of sp³-hybridized carbons (Fsp3) is 0.300. The maximum atomic E-state index is 10.5. The van der Waals surface area contributed by atoms with Crippen molar-refractivity contribution in [1.82, 2.24) is 5.32 Å². The fourth-order valence-corrected chi connectivity index (χ4v) is 1.10. The Labute approximate surface area is 77.4 Å². The molecule has 3 heteroatoms. The van der Waals surface area contributed by atoms with Crippen molar-refractivity contribution >= 4 is 6.29 Å². The number of carbonyl (C=O) groups excluding carboxylic acids is 1. The molecule has 0 saturated heterocycles. The lowest BCUT2D eigenvalue weighted by Crippen LogP contribution is -2.28. The minimum atomic E-state index is -0.149.